The van der Waals surface area contributed by atoms with E-state index >= 15 is 0 Å². The van der Waals surface area contributed by atoms with Crippen LogP contribution in [0.4, 0.5) is 0 Å². The number of Topliss-reactive ketones (excluding diaryl/α,β-unsaturated/α-hetero) is 1. The van der Waals surface area contributed by atoms with Gasteiger partial charge in [-0.3, -0.25) is 4.79 Å². The molecule has 1 aliphatic heterocycles. The van der Waals surface area contributed by atoms with Gasteiger partial charge in [0.25, 0.3) is 0 Å². The van der Waals surface area contributed by atoms with E-state index in [4.69, 9.17) is 4.74 Å². The maximum absolute atomic E-state index is 12.9. The number of ether oxygens (including phenoxy) is 1. The van der Waals surface area contributed by atoms with Crippen LogP contribution in [0.5, 0.6) is 0 Å². The topological polar surface area (TPSA) is 61.9 Å². The normalized spacial score (nSPS) is 16.4. The van der Waals surface area contributed by atoms with Crippen LogP contribution in [0.1, 0.15) is 34.6 Å². The molecule has 0 bridgehead atoms. The highest BCUT2D eigenvalue weighted by Gasteiger charge is 2.21. The molecule has 3 heterocycles. The summed E-state index contributed by atoms with van der Waals surface area (Å²) in [7, 11) is 1.93. The summed E-state index contributed by atoms with van der Waals surface area (Å²) >= 11 is 1.43. The molecule has 1 atom stereocenters. The van der Waals surface area contributed by atoms with Crippen LogP contribution in [0.25, 0.3) is 11.4 Å². The van der Waals surface area contributed by atoms with Crippen LogP contribution >= 0.6 is 11.8 Å². The molecule has 1 saturated heterocycles. The van der Waals surface area contributed by atoms with Gasteiger partial charge in [0.15, 0.2) is 16.8 Å². The molecule has 152 valence electrons. The van der Waals surface area contributed by atoms with Crippen LogP contribution in [0.2, 0.25) is 0 Å². The first-order chi connectivity index (χ1) is 14.0. The van der Waals surface area contributed by atoms with E-state index in [0.29, 0.717) is 5.75 Å². The number of aromatic nitrogens is 4. The Balaban J connectivity index is 1.45. The predicted octanol–water partition coefficient (Wildman–Crippen LogP) is 4.05. The summed E-state index contributed by atoms with van der Waals surface area (Å²) in [5.41, 5.74) is 3.93. The van der Waals surface area contributed by atoms with Gasteiger partial charge in [-0.1, -0.05) is 42.1 Å². The third-order valence-corrected chi connectivity index (χ3v) is 6.50. The first-order valence-electron chi connectivity index (χ1n) is 9.93. The largest absolute Gasteiger partial charge is 0.376 e. The van der Waals surface area contributed by atoms with Crippen molar-refractivity contribution in [2.75, 3.05) is 12.4 Å². The molecule has 29 heavy (non-hydrogen) atoms. The number of carbonyl (C=O) groups is 1. The lowest BCUT2D eigenvalue weighted by atomic mass is 10.2. The van der Waals surface area contributed by atoms with Crippen molar-refractivity contribution >= 4 is 17.5 Å². The summed E-state index contributed by atoms with van der Waals surface area (Å²) in [6.45, 7) is 5.74. The van der Waals surface area contributed by atoms with Crippen LogP contribution in [0.3, 0.4) is 0 Å². The van der Waals surface area contributed by atoms with E-state index in [1.54, 1.807) is 0 Å². The first-order valence-corrected chi connectivity index (χ1v) is 10.9. The zero-order valence-electron chi connectivity index (χ0n) is 17.1. The number of benzene rings is 1. The van der Waals surface area contributed by atoms with E-state index in [1.807, 2.05) is 54.9 Å². The van der Waals surface area contributed by atoms with Gasteiger partial charge >= 0.3 is 0 Å². The molecule has 0 spiro atoms. The highest BCUT2D eigenvalue weighted by molar-refractivity contribution is 7.99. The molecule has 1 unspecified atom stereocenters. The highest BCUT2D eigenvalue weighted by atomic mass is 32.2. The Bertz CT molecular complexity index is 1000. The molecule has 0 aliphatic carbocycles. The van der Waals surface area contributed by atoms with Crippen molar-refractivity contribution in [2.24, 2.45) is 7.05 Å². The van der Waals surface area contributed by atoms with Crippen molar-refractivity contribution in [3.8, 4) is 11.4 Å². The summed E-state index contributed by atoms with van der Waals surface area (Å²) < 4.78 is 9.92. The van der Waals surface area contributed by atoms with Crippen molar-refractivity contribution in [3.05, 3.63) is 53.3 Å². The molecule has 0 N–H and O–H groups in total. The van der Waals surface area contributed by atoms with Crippen LogP contribution in [0, 0.1) is 13.8 Å². The van der Waals surface area contributed by atoms with Crippen LogP contribution in [-0.2, 0) is 18.3 Å². The van der Waals surface area contributed by atoms with Crippen LogP contribution in [0.15, 0.2) is 41.6 Å². The summed E-state index contributed by atoms with van der Waals surface area (Å²) in [5.74, 6) is 1.26. The highest BCUT2D eigenvalue weighted by Crippen LogP contribution is 2.25. The lowest BCUT2D eigenvalue weighted by molar-refractivity contribution is 0.0957. The fourth-order valence-electron chi connectivity index (χ4n) is 3.84. The molecular formula is C22H26N4O2S. The van der Waals surface area contributed by atoms with Crippen molar-refractivity contribution in [2.45, 2.75) is 44.5 Å². The molecule has 0 saturated carbocycles. The Hall–Kier alpha value is -2.38. The zero-order valence-corrected chi connectivity index (χ0v) is 17.9. The van der Waals surface area contributed by atoms with Crippen molar-refractivity contribution in [1.29, 1.82) is 0 Å². The molecule has 0 amide bonds. The standard InChI is InChI=1S/C22H26N4O2S/c1-15-12-19(16(2)26(15)13-18-10-7-11-28-18)20(27)14-29-22-24-23-21(25(22)3)17-8-5-4-6-9-17/h4-6,8-9,12,18H,7,10-11,13-14H2,1-3H3. The number of hydrogen-bond acceptors (Lipinski definition) is 5. The maximum Gasteiger partial charge on any atom is 0.191 e. The minimum absolute atomic E-state index is 0.117. The van der Waals surface area contributed by atoms with Crippen molar-refractivity contribution < 1.29 is 9.53 Å². The summed E-state index contributed by atoms with van der Waals surface area (Å²) in [6.07, 6.45) is 2.47. The predicted molar refractivity (Wildman–Crippen MR) is 114 cm³/mol. The summed E-state index contributed by atoms with van der Waals surface area (Å²) in [6, 6.07) is 11.9. The molecule has 4 rings (SSSR count). The number of rotatable bonds is 7. The fourth-order valence-corrected chi connectivity index (χ4v) is 4.64. The quantitative estimate of drug-likeness (QED) is 0.434. The van der Waals surface area contributed by atoms with E-state index in [0.717, 1.165) is 59.5 Å². The number of nitrogens with zero attached hydrogens (tertiary/aromatic N) is 4. The average molecular weight is 411 g/mol. The van der Waals surface area contributed by atoms with Gasteiger partial charge in [-0.2, -0.15) is 0 Å². The molecule has 1 aliphatic rings. The van der Waals surface area contributed by atoms with Crippen molar-refractivity contribution in [1.82, 2.24) is 19.3 Å². The molecule has 0 radical (unpaired) electrons. The second kappa shape index (κ2) is 8.55. The number of carbonyl (C=O) groups excluding carboxylic acids is 1. The number of aryl methyl sites for hydroxylation is 1. The van der Waals surface area contributed by atoms with Gasteiger partial charge in [0.1, 0.15) is 0 Å². The van der Waals surface area contributed by atoms with Gasteiger partial charge in [-0.05, 0) is 32.8 Å². The Kier molecular flexibility index (Phi) is 5.87. The van der Waals surface area contributed by atoms with E-state index < -0.39 is 0 Å². The smallest absolute Gasteiger partial charge is 0.191 e. The summed E-state index contributed by atoms with van der Waals surface area (Å²) in [4.78, 5) is 12.9. The molecule has 6 nitrogen and oxygen atoms in total. The Morgan fingerprint density at radius 1 is 1.24 bits per heavy atom. The van der Waals surface area contributed by atoms with Gasteiger partial charge < -0.3 is 13.9 Å². The molecular weight excluding hydrogens is 384 g/mol. The van der Waals surface area contributed by atoms with Gasteiger partial charge in [0, 0.05) is 42.7 Å². The van der Waals surface area contributed by atoms with Crippen LogP contribution < -0.4 is 0 Å². The Labute approximate surface area is 175 Å². The number of thioether (sulfide) groups is 1. The van der Waals surface area contributed by atoms with E-state index in [-0.39, 0.29) is 11.9 Å². The second-order valence-corrected chi connectivity index (χ2v) is 8.42. The summed E-state index contributed by atoms with van der Waals surface area (Å²) in [5, 5.41) is 9.31. The Morgan fingerprint density at radius 3 is 2.76 bits per heavy atom. The fraction of sp³-hybridized carbons (Fsp3) is 0.409. The van der Waals surface area contributed by atoms with Gasteiger partial charge in [-0.15, -0.1) is 10.2 Å². The molecule has 1 fully saturated rings. The van der Waals surface area contributed by atoms with E-state index in [9.17, 15) is 4.79 Å². The molecule has 1 aromatic carbocycles. The van der Waals surface area contributed by atoms with Gasteiger partial charge in [-0.25, -0.2) is 0 Å². The second-order valence-electron chi connectivity index (χ2n) is 7.47. The third-order valence-electron chi connectivity index (χ3n) is 5.48. The van der Waals surface area contributed by atoms with Gasteiger partial charge in [0.2, 0.25) is 0 Å². The molecule has 7 heteroatoms. The lowest BCUT2D eigenvalue weighted by Crippen LogP contribution is -2.17. The third kappa shape index (κ3) is 4.16. The minimum Gasteiger partial charge on any atom is -0.376 e. The van der Waals surface area contributed by atoms with E-state index in [2.05, 4.69) is 21.7 Å². The maximum atomic E-state index is 12.9. The lowest BCUT2D eigenvalue weighted by Gasteiger charge is -2.14. The van der Waals surface area contributed by atoms with E-state index in [1.165, 1.54) is 11.8 Å². The molecule has 3 aromatic rings. The number of ketones is 1. The monoisotopic (exact) mass is 410 g/mol. The SMILES string of the molecule is Cc1cc(C(=O)CSc2nnc(-c3ccccc3)n2C)c(C)n1CC1CCCO1. The average Bonchev–Trinajstić information content (AvgIpc) is 3.44. The van der Waals surface area contributed by atoms with Crippen molar-refractivity contribution in [3.63, 3.8) is 0 Å². The molecule has 2 aromatic heterocycles. The zero-order chi connectivity index (χ0) is 20.4. The van der Waals surface area contributed by atoms with Gasteiger partial charge in [0.05, 0.1) is 11.9 Å². The minimum atomic E-state index is 0.117. The number of hydrogen-bond donors (Lipinski definition) is 0. The van der Waals surface area contributed by atoms with Crippen LogP contribution in [-0.4, -0.2) is 43.6 Å². The Morgan fingerprint density at radius 2 is 2.03 bits per heavy atom. The first kappa shape index (κ1) is 19.9.